The Morgan fingerprint density at radius 1 is 1.38 bits per heavy atom. The Bertz CT molecular complexity index is 341. The van der Waals surface area contributed by atoms with Gasteiger partial charge in [0.15, 0.2) is 0 Å². The van der Waals surface area contributed by atoms with E-state index in [0.717, 1.165) is 5.56 Å². The van der Waals surface area contributed by atoms with Crippen molar-refractivity contribution in [3.05, 3.63) is 29.8 Å². The minimum Gasteiger partial charge on any atom is -0.508 e. The van der Waals surface area contributed by atoms with Gasteiger partial charge in [-0.25, -0.2) is 0 Å². The van der Waals surface area contributed by atoms with Crippen molar-refractivity contribution in [2.75, 3.05) is 19.0 Å². The molecule has 0 aliphatic heterocycles. The van der Waals surface area contributed by atoms with Gasteiger partial charge in [0.05, 0.1) is 12.4 Å². The first-order chi connectivity index (χ1) is 7.74. The van der Waals surface area contributed by atoms with Crippen LogP contribution in [0.4, 0.5) is 0 Å². The number of aliphatic hydroxyl groups excluding tert-OH is 1. The molecule has 1 aromatic rings. The number of phenolic OH excluding ortho intramolecular Hbond substituents is 1. The standard InChI is InChI=1S/C11H14O4S/c12-5-6-15-11(14)8-16-7-9-3-1-2-4-10(9)13/h1-4,12-13H,5-8H2. The molecule has 0 unspecified atom stereocenters. The fraction of sp³-hybridized carbons (Fsp3) is 0.364. The third-order valence-corrected chi connectivity index (χ3v) is 2.78. The first-order valence-electron chi connectivity index (χ1n) is 4.85. The molecule has 16 heavy (non-hydrogen) atoms. The average molecular weight is 242 g/mol. The van der Waals surface area contributed by atoms with Crippen LogP contribution in [0.2, 0.25) is 0 Å². The number of ether oxygens (including phenoxy) is 1. The predicted molar refractivity (Wildman–Crippen MR) is 62.3 cm³/mol. The first-order valence-corrected chi connectivity index (χ1v) is 6.00. The topological polar surface area (TPSA) is 66.8 Å². The SMILES string of the molecule is O=C(CSCc1ccccc1O)OCCO. The zero-order valence-corrected chi connectivity index (χ0v) is 9.57. The molecule has 1 rings (SSSR count). The van der Waals surface area contributed by atoms with Crippen molar-refractivity contribution in [3.8, 4) is 5.75 Å². The quantitative estimate of drug-likeness (QED) is 0.733. The Labute approximate surface area is 98.2 Å². The zero-order chi connectivity index (χ0) is 11.8. The number of rotatable bonds is 6. The lowest BCUT2D eigenvalue weighted by atomic mass is 10.2. The lowest BCUT2D eigenvalue weighted by molar-refractivity contribution is -0.141. The van der Waals surface area contributed by atoms with E-state index in [1.165, 1.54) is 11.8 Å². The number of thioether (sulfide) groups is 1. The molecule has 88 valence electrons. The monoisotopic (exact) mass is 242 g/mol. The van der Waals surface area contributed by atoms with Crippen molar-refractivity contribution in [1.29, 1.82) is 0 Å². The van der Waals surface area contributed by atoms with Gasteiger partial charge in [-0.2, -0.15) is 0 Å². The minimum absolute atomic E-state index is 0.0377. The number of aliphatic hydroxyl groups is 1. The Balaban J connectivity index is 2.25. The Morgan fingerprint density at radius 2 is 2.12 bits per heavy atom. The largest absolute Gasteiger partial charge is 0.508 e. The van der Waals surface area contributed by atoms with Gasteiger partial charge in [0.25, 0.3) is 0 Å². The lowest BCUT2D eigenvalue weighted by Crippen LogP contribution is -2.10. The first kappa shape index (κ1) is 12.9. The second-order valence-corrected chi connectivity index (χ2v) is 4.05. The molecule has 5 heteroatoms. The number of hydrogen-bond acceptors (Lipinski definition) is 5. The van der Waals surface area contributed by atoms with Crippen LogP contribution in [0.1, 0.15) is 5.56 Å². The molecule has 0 fully saturated rings. The van der Waals surface area contributed by atoms with Gasteiger partial charge in [0.2, 0.25) is 0 Å². The molecule has 0 radical (unpaired) electrons. The molecule has 0 aromatic heterocycles. The molecule has 0 bridgehead atoms. The summed E-state index contributed by atoms with van der Waals surface area (Å²) in [6.45, 7) is -0.119. The van der Waals surface area contributed by atoms with E-state index in [2.05, 4.69) is 4.74 Å². The molecule has 0 aliphatic rings. The molecule has 0 amide bonds. The van der Waals surface area contributed by atoms with E-state index in [-0.39, 0.29) is 30.7 Å². The summed E-state index contributed by atoms with van der Waals surface area (Å²) in [4.78, 5) is 11.1. The van der Waals surface area contributed by atoms with E-state index in [0.29, 0.717) is 5.75 Å². The van der Waals surface area contributed by atoms with E-state index in [1.54, 1.807) is 18.2 Å². The Hall–Kier alpha value is -1.20. The van der Waals surface area contributed by atoms with E-state index in [1.807, 2.05) is 6.07 Å². The Kier molecular flexibility index (Phi) is 5.74. The van der Waals surface area contributed by atoms with Gasteiger partial charge in [-0.15, -0.1) is 11.8 Å². The summed E-state index contributed by atoms with van der Waals surface area (Å²) in [7, 11) is 0. The molecule has 0 saturated heterocycles. The van der Waals surface area contributed by atoms with Gasteiger partial charge in [-0.1, -0.05) is 18.2 Å². The number of phenols is 1. The van der Waals surface area contributed by atoms with E-state index in [9.17, 15) is 9.90 Å². The molecule has 4 nitrogen and oxygen atoms in total. The van der Waals surface area contributed by atoms with Crippen LogP contribution < -0.4 is 0 Å². The predicted octanol–water partition coefficient (Wildman–Crippen LogP) is 1.16. The smallest absolute Gasteiger partial charge is 0.315 e. The van der Waals surface area contributed by atoms with Crippen LogP contribution in [0.5, 0.6) is 5.75 Å². The lowest BCUT2D eigenvalue weighted by Gasteiger charge is -2.04. The molecular formula is C11H14O4S. The zero-order valence-electron chi connectivity index (χ0n) is 8.76. The number of benzene rings is 1. The maximum absolute atomic E-state index is 11.1. The molecular weight excluding hydrogens is 228 g/mol. The number of carbonyl (C=O) groups excluding carboxylic acids is 1. The van der Waals surface area contributed by atoms with Gasteiger partial charge < -0.3 is 14.9 Å². The van der Waals surface area contributed by atoms with E-state index < -0.39 is 0 Å². The normalized spacial score (nSPS) is 10.1. The third kappa shape index (κ3) is 4.55. The maximum atomic E-state index is 11.1. The van der Waals surface area contributed by atoms with E-state index >= 15 is 0 Å². The fourth-order valence-electron chi connectivity index (χ4n) is 1.08. The molecule has 2 N–H and O–H groups in total. The summed E-state index contributed by atoms with van der Waals surface area (Å²) in [6.07, 6.45) is 0. The van der Waals surface area contributed by atoms with Crippen LogP contribution in [0.3, 0.4) is 0 Å². The fourth-order valence-corrected chi connectivity index (χ4v) is 1.89. The summed E-state index contributed by atoms with van der Waals surface area (Å²) < 4.78 is 4.69. The third-order valence-electron chi connectivity index (χ3n) is 1.82. The van der Waals surface area contributed by atoms with Crippen LogP contribution in [-0.4, -0.2) is 35.1 Å². The average Bonchev–Trinajstić information content (AvgIpc) is 2.29. The van der Waals surface area contributed by atoms with Crippen LogP contribution in [-0.2, 0) is 15.3 Å². The van der Waals surface area contributed by atoms with Crippen LogP contribution in [0.15, 0.2) is 24.3 Å². The summed E-state index contributed by atoms with van der Waals surface area (Å²) in [6, 6.07) is 7.00. The highest BCUT2D eigenvalue weighted by Crippen LogP contribution is 2.21. The highest BCUT2D eigenvalue weighted by atomic mass is 32.2. The minimum atomic E-state index is -0.352. The highest BCUT2D eigenvalue weighted by Gasteiger charge is 2.04. The number of esters is 1. The van der Waals surface area contributed by atoms with Gasteiger partial charge >= 0.3 is 5.97 Å². The van der Waals surface area contributed by atoms with Crippen LogP contribution in [0.25, 0.3) is 0 Å². The molecule has 0 atom stereocenters. The number of aromatic hydroxyl groups is 1. The molecule has 0 aliphatic carbocycles. The summed E-state index contributed by atoms with van der Waals surface area (Å²) in [5.74, 6) is 0.656. The van der Waals surface area contributed by atoms with Crippen LogP contribution >= 0.6 is 11.8 Å². The molecule has 1 aromatic carbocycles. The molecule has 0 saturated carbocycles. The molecule has 0 heterocycles. The van der Waals surface area contributed by atoms with Gasteiger partial charge in [0, 0.05) is 11.3 Å². The van der Waals surface area contributed by atoms with Crippen molar-refractivity contribution >= 4 is 17.7 Å². The number of para-hydroxylation sites is 1. The second-order valence-electron chi connectivity index (χ2n) is 3.07. The maximum Gasteiger partial charge on any atom is 0.315 e. The van der Waals surface area contributed by atoms with Gasteiger partial charge in [-0.05, 0) is 6.07 Å². The second kappa shape index (κ2) is 7.14. The summed E-state index contributed by atoms with van der Waals surface area (Å²) in [5, 5.41) is 17.9. The van der Waals surface area contributed by atoms with Gasteiger partial charge in [0.1, 0.15) is 12.4 Å². The summed E-state index contributed by atoms with van der Waals surface area (Å²) in [5.41, 5.74) is 0.794. The highest BCUT2D eigenvalue weighted by molar-refractivity contribution is 7.99. The van der Waals surface area contributed by atoms with Gasteiger partial charge in [-0.3, -0.25) is 4.79 Å². The van der Waals surface area contributed by atoms with Crippen molar-refractivity contribution < 1.29 is 19.7 Å². The number of carbonyl (C=O) groups is 1. The van der Waals surface area contributed by atoms with E-state index in [4.69, 9.17) is 5.11 Å². The van der Waals surface area contributed by atoms with Crippen molar-refractivity contribution in [2.45, 2.75) is 5.75 Å². The molecule has 0 spiro atoms. The van der Waals surface area contributed by atoms with Crippen molar-refractivity contribution in [2.24, 2.45) is 0 Å². The Morgan fingerprint density at radius 3 is 2.81 bits per heavy atom. The van der Waals surface area contributed by atoms with Crippen molar-refractivity contribution in [1.82, 2.24) is 0 Å². The summed E-state index contributed by atoms with van der Waals surface area (Å²) >= 11 is 1.36. The van der Waals surface area contributed by atoms with Crippen molar-refractivity contribution in [3.63, 3.8) is 0 Å². The number of hydrogen-bond donors (Lipinski definition) is 2. The van der Waals surface area contributed by atoms with Crippen LogP contribution in [0, 0.1) is 0 Å².